The number of benzene rings is 2. The predicted octanol–water partition coefficient (Wildman–Crippen LogP) is 2.85. The summed E-state index contributed by atoms with van der Waals surface area (Å²) in [5.74, 6) is 0.459. The van der Waals surface area contributed by atoms with Crippen molar-refractivity contribution >= 4 is 28.9 Å². The Morgan fingerprint density at radius 1 is 1.10 bits per heavy atom. The van der Waals surface area contributed by atoms with E-state index in [0.717, 1.165) is 5.69 Å². The molecule has 1 amide bonds. The lowest BCUT2D eigenvalue weighted by Crippen LogP contribution is -2.40. The Balaban J connectivity index is 2.03. The van der Waals surface area contributed by atoms with E-state index in [1.165, 1.54) is 0 Å². The molecule has 0 spiro atoms. The van der Waals surface area contributed by atoms with Crippen LogP contribution in [0.25, 0.3) is 0 Å². The Bertz CT molecular complexity index is 626. The second-order valence-corrected chi connectivity index (χ2v) is 4.77. The zero-order valence-electron chi connectivity index (χ0n) is 11.9. The molecule has 0 aromatic heterocycles. The Morgan fingerprint density at radius 2 is 1.71 bits per heavy atom. The van der Waals surface area contributed by atoms with E-state index in [4.69, 9.17) is 17.0 Å². The lowest BCUT2D eigenvalue weighted by atomic mass is 10.2. The maximum Gasteiger partial charge on any atom is 0.257 e. The summed E-state index contributed by atoms with van der Waals surface area (Å²) in [5, 5.41) is 3.06. The molecule has 0 unspecified atom stereocenters. The standard InChI is InChI=1S/C16H16N2O2S/c1-18(13-6-4-3-5-7-13)16(21)17-15(19)12-8-10-14(20-2)11-9-12/h3-11H,1-2H3,(H,17,19,21). The maximum absolute atomic E-state index is 12.1. The van der Waals surface area contributed by atoms with E-state index in [0.29, 0.717) is 16.4 Å². The van der Waals surface area contributed by atoms with Gasteiger partial charge in [0.15, 0.2) is 5.11 Å². The van der Waals surface area contributed by atoms with E-state index >= 15 is 0 Å². The summed E-state index contributed by atoms with van der Waals surface area (Å²) in [6.45, 7) is 0. The number of hydrogen-bond acceptors (Lipinski definition) is 3. The van der Waals surface area contributed by atoms with E-state index in [1.807, 2.05) is 37.4 Å². The molecule has 2 rings (SSSR count). The molecule has 108 valence electrons. The highest BCUT2D eigenvalue weighted by molar-refractivity contribution is 7.80. The molecule has 0 heterocycles. The van der Waals surface area contributed by atoms with Crippen LogP contribution in [0.4, 0.5) is 5.69 Å². The van der Waals surface area contributed by atoms with Crippen LogP contribution in [-0.4, -0.2) is 25.2 Å². The molecule has 1 N–H and O–H groups in total. The van der Waals surface area contributed by atoms with Crippen molar-refractivity contribution in [3.8, 4) is 5.75 Å². The highest BCUT2D eigenvalue weighted by Gasteiger charge is 2.12. The van der Waals surface area contributed by atoms with E-state index in [1.54, 1.807) is 36.3 Å². The molecule has 0 aliphatic carbocycles. The molecule has 0 aliphatic rings. The van der Waals surface area contributed by atoms with Crippen molar-refractivity contribution in [3.63, 3.8) is 0 Å². The van der Waals surface area contributed by atoms with Crippen molar-refractivity contribution in [2.24, 2.45) is 0 Å². The SMILES string of the molecule is COc1ccc(C(=O)NC(=S)N(C)c2ccccc2)cc1. The van der Waals surface area contributed by atoms with E-state index in [9.17, 15) is 4.79 Å². The number of anilines is 1. The first-order valence-electron chi connectivity index (χ1n) is 6.40. The van der Waals surface area contributed by atoms with Crippen LogP contribution in [0.1, 0.15) is 10.4 Å². The molecule has 0 saturated heterocycles. The van der Waals surface area contributed by atoms with Crippen LogP contribution < -0.4 is 15.0 Å². The molecule has 0 saturated carbocycles. The third kappa shape index (κ3) is 3.79. The fourth-order valence-electron chi connectivity index (χ4n) is 1.76. The minimum absolute atomic E-state index is 0.245. The summed E-state index contributed by atoms with van der Waals surface area (Å²) in [6, 6.07) is 16.5. The first-order valence-corrected chi connectivity index (χ1v) is 6.81. The number of carbonyl (C=O) groups excluding carboxylic acids is 1. The molecule has 5 heteroatoms. The Labute approximate surface area is 129 Å². The lowest BCUT2D eigenvalue weighted by molar-refractivity contribution is 0.0977. The summed E-state index contributed by atoms with van der Waals surface area (Å²) >= 11 is 5.25. The second kappa shape index (κ2) is 6.85. The largest absolute Gasteiger partial charge is 0.497 e. The number of nitrogens with one attached hydrogen (secondary N) is 1. The number of amides is 1. The average molecular weight is 300 g/mol. The maximum atomic E-state index is 12.1. The van der Waals surface area contributed by atoms with Gasteiger partial charge >= 0.3 is 0 Å². The number of thiocarbonyl (C=S) groups is 1. The van der Waals surface area contributed by atoms with Gasteiger partial charge in [-0.25, -0.2) is 0 Å². The van der Waals surface area contributed by atoms with Gasteiger partial charge in [-0.15, -0.1) is 0 Å². The normalized spacial score (nSPS) is 9.81. The van der Waals surface area contributed by atoms with Crippen molar-refractivity contribution in [2.75, 3.05) is 19.1 Å². The minimum atomic E-state index is -0.245. The second-order valence-electron chi connectivity index (χ2n) is 4.38. The molecule has 0 aliphatic heterocycles. The number of carbonyl (C=O) groups is 1. The monoisotopic (exact) mass is 300 g/mol. The van der Waals surface area contributed by atoms with E-state index < -0.39 is 0 Å². The van der Waals surface area contributed by atoms with Crippen molar-refractivity contribution in [1.82, 2.24) is 5.32 Å². The van der Waals surface area contributed by atoms with Crippen LogP contribution in [0.2, 0.25) is 0 Å². The summed E-state index contributed by atoms with van der Waals surface area (Å²) in [4.78, 5) is 13.9. The fourth-order valence-corrected chi connectivity index (χ4v) is 1.96. The molecule has 0 bridgehead atoms. The van der Waals surface area contributed by atoms with Crippen molar-refractivity contribution < 1.29 is 9.53 Å². The quantitative estimate of drug-likeness (QED) is 0.885. The summed E-state index contributed by atoms with van der Waals surface area (Å²) in [7, 11) is 3.39. The zero-order valence-corrected chi connectivity index (χ0v) is 12.7. The number of rotatable bonds is 3. The molecule has 21 heavy (non-hydrogen) atoms. The molecule has 0 atom stereocenters. The third-order valence-corrected chi connectivity index (χ3v) is 3.40. The van der Waals surface area contributed by atoms with Gasteiger partial charge in [0.2, 0.25) is 0 Å². The van der Waals surface area contributed by atoms with Crippen LogP contribution in [0.5, 0.6) is 5.75 Å². The first kappa shape index (κ1) is 15.0. The van der Waals surface area contributed by atoms with Crippen LogP contribution in [0.3, 0.4) is 0 Å². The van der Waals surface area contributed by atoms with Crippen LogP contribution in [0, 0.1) is 0 Å². The molecule has 2 aromatic rings. The van der Waals surface area contributed by atoms with Crippen molar-refractivity contribution in [3.05, 3.63) is 60.2 Å². The number of para-hydroxylation sites is 1. The molecule has 0 radical (unpaired) electrons. The van der Waals surface area contributed by atoms with Crippen LogP contribution in [0.15, 0.2) is 54.6 Å². The molecular formula is C16H16N2O2S. The van der Waals surface area contributed by atoms with Gasteiger partial charge in [0, 0.05) is 18.3 Å². The molecule has 2 aromatic carbocycles. The molecule has 0 fully saturated rings. The van der Waals surface area contributed by atoms with Crippen molar-refractivity contribution in [2.45, 2.75) is 0 Å². The van der Waals surface area contributed by atoms with Crippen LogP contribution >= 0.6 is 12.2 Å². The third-order valence-electron chi connectivity index (χ3n) is 3.02. The number of methoxy groups -OCH3 is 1. The van der Waals surface area contributed by atoms with Gasteiger partial charge in [0.1, 0.15) is 5.75 Å². The first-order chi connectivity index (χ1) is 10.1. The topological polar surface area (TPSA) is 41.6 Å². The lowest BCUT2D eigenvalue weighted by Gasteiger charge is -2.20. The highest BCUT2D eigenvalue weighted by atomic mass is 32.1. The number of nitrogens with zero attached hydrogens (tertiary/aromatic N) is 1. The van der Waals surface area contributed by atoms with Gasteiger partial charge in [-0.3, -0.25) is 10.1 Å². The van der Waals surface area contributed by atoms with E-state index in [-0.39, 0.29) is 5.91 Å². The Hall–Kier alpha value is -2.40. The molecular weight excluding hydrogens is 284 g/mol. The highest BCUT2D eigenvalue weighted by Crippen LogP contribution is 2.13. The van der Waals surface area contributed by atoms with Crippen LogP contribution in [-0.2, 0) is 0 Å². The molecule has 4 nitrogen and oxygen atoms in total. The van der Waals surface area contributed by atoms with Gasteiger partial charge in [-0.1, -0.05) is 18.2 Å². The number of ether oxygens (including phenoxy) is 1. The van der Waals surface area contributed by atoms with Gasteiger partial charge in [0.25, 0.3) is 5.91 Å². The smallest absolute Gasteiger partial charge is 0.257 e. The fraction of sp³-hybridized carbons (Fsp3) is 0.125. The zero-order chi connectivity index (χ0) is 15.2. The minimum Gasteiger partial charge on any atom is -0.497 e. The summed E-state index contributed by atoms with van der Waals surface area (Å²) < 4.78 is 5.06. The van der Waals surface area contributed by atoms with Gasteiger partial charge in [0.05, 0.1) is 7.11 Å². The van der Waals surface area contributed by atoms with E-state index in [2.05, 4.69) is 5.32 Å². The number of hydrogen-bond donors (Lipinski definition) is 1. The Kier molecular flexibility index (Phi) is 4.90. The van der Waals surface area contributed by atoms with Gasteiger partial charge < -0.3 is 9.64 Å². The van der Waals surface area contributed by atoms with Gasteiger partial charge in [-0.05, 0) is 48.6 Å². The Morgan fingerprint density at radius 3 is 2.29 bits per heavy atom. The summed E-state index contributed by atoms with van der Waals surface area (Å²) in [5.41, 5.74) is 1.44. The van der Waals surface area contributed by atoms with Gasteiger partial charge in [-0.2, -0.15) is 0 Å². The summed E-state index contributed by atoms with van der Waals surface area (Å²) in [6.07, 6.45) is 0. The average Bonchev–Trinajstić information content (AvgIpc) is 2.55. The van der Waals surface area contributed by atoms with Crippen molar-refractivity contribution in [1.29, 1.82) is 0 Å². The predicted molar refractivity (Wildman–Crippen MR) is 87.9 cm³/mol.